The number of rotatable bonds is 6. The molecule has 0 aromatic heterocycles. The van der Waals surface area contributed by atoms with Gasteiger partial charge >= 0.3 is 12.1 Å². The molecule has 0 aliphatic rings. The Morgan fingerprint density at radius 2 is 1.54 bits per heavy atom. The van der Waals surface area contributed by atoms with Gasteiger partial charge in [-0.2, -0.15) is 18.4 Å². The van der Waals surface area contributed by atoms with Crippen molar-refractivity contribution in [2.75, 3.05) is 7.11 Å². The van der Waals surface area contributed by atoms with Gasteiger partial charge in [0.15, 0.2) is 5.60 Å². The molecular formula is C27H22Cl2F3NO4. The van der Waals surface area contributed by atoms with Crippen molar-refractivity contribution in [1.29, 1.82) is 5.26 Å². The number of hydrogen-bond donors (Lipinski definition) is 1. The first-order valence-electron chi connectivity index (χ1n) is 10.9. The lowest BCUT2D eigenvalue weighted by molar-refractivity contribution is -0.274. The van der Waals surface area contributed by atoms with Crippen LogP contribution in [0.1, 0.15) is 51.0 Å². The van der Waals surface area contributed by atoms with E-state index in [1.807, 2.05) is 6.07 Å². The molecule has 3 aromatic rings. The quantitative estimate of drug-likeness (QED) is 0.319. The molecule has 0 aliphatic carbocycles. The number of hydrogen-bond acceptors (Lipinski definition) is 5. The molecule has 0 fully saturated rings. The lowest BCUT2D eigenvalue weighted by Crippen LogP contribution is -2.46. The second-order valence-corrected chi connectivity index (χ2v) is 9.32. The Balaban J connectivity index is 1.99. The monoisotopic (exact) mass is 551 g/mol. The SMILES string of the molecule is COC(=O)c1ccc(Oc2ccc(C(C)C(O)(c3cc(C)c(C#N)c(C)c3)C(F)(F)F)c(Cl)c2)cc1Cl. The zero-order valence-electron chi connectivity index (χ0n) is 20.2. The third kappa shape index (κ3) is 5.40. The molecule has 0 saturated carbocycles. The van der Waals surface area contributed by atoms with Crippen LogP contribution in [0.2, 0.25) is 10.0 Å². The number of alkyl halides is 3. The van der Waals surface area contributed by atoms with Gasteiger partial charge in [0.1, 0.15) is 11.5 Å². The van der Waals surface area contributed by atoms with Gasteiger partial charge in [-0.25, -0.2) is 4.79 Å². The number of benzene rings is 3. The maximum absolute atomic E-state index is 14.4. The second kappa shape index (κ2) is 10.6. The summed E-state index contributed by atoms with van der Waals surface area (Å²) >= 11 is 12.5. The summed E-state index contributed by atoms with van der Waals surface area (Å²) < 4.78 is 53.5. The Labute approximate surface area is 222 Å². The van der Waals surface area contributed by atoms with Gasteiger partial charge in [0.05, 0.1) is 29.3 Å². The average Bonchev–Trinajstić information content (AvgIpc) is 2.82. The highest BCUT2D eigenvalue weighted by Crippen LogP contribution is 2.50. The minimum Gasteiger partial charge on any atom is -0.465 e. The van der Waals surface area contributed by atoms with Crippen LogP contribution in [0.5, 0.6) is 11.5 Å². The van der Waals surface area contributed by atoms with E-state index in [1.165, 1.54) is 76.4 Å². The lowest BCUT2D eigenvalue weighted by atomic mass is 9.76. The fourth-order valence-corrected chi connectivity index (χ4v) is 4.72. The van der Waals surface area contributed by atoms with Gasteiger partial charge < -0.3 is 14.6 Å². The first kappa shape index (κ1) is 28.3. The molecule has 5 nitrogen and oxygen atoms in total. The third-order valence-corrected chi connectivity index (χ3v) is 6.80. The fraction of sp³-hybridized carbons (Fsp3) is 0.259. The van der Waals surface area contributed by atoms with Crippen molar-refractivity contribution in [3.05, 3.63) is 92.0 Å². The number of halogens is 5. The maximum Gasteiger partial charge on any atom is 0.422 e. The summed E-state index contributed by atoms with van der Waals surface area (Å²) in [6.07, 6.45) is -5.06. The molecule has 1 N–H and O–H groups in total. The highest BCUT2D eigenvalue weighted by atomic mass is 35.5. The third-order valence-electron chi connectivity index (χ3n) is 6.16. The number of nitriles is 1. The standard InChI is InChI=1S/C27H22Cl2F3NO4/c1-14-9-17(10-15(2)22(14)13-33)26(35,27(30,31)32)16(3)20-7-5-18(11-23(20)28)37-19-6-8-21(24(29)12-19)25(34)36-4/h5-12,16,35H,1-4H3. The first-order chi connectivity index (χ1) is 17.2. The zero-order chi connectivity index (χ0) is 27.7. The minimum absolute atomic E-state index is 0.0348. The van der Waals surface area contributed by atoms with E-state index in [0.29, 0.717) is 11.1 Å². The van der Waals surface area contributed by atoms with E-state index in [9.17, 15) is 28.3 Å². The van der Waals surface area contributed by atoms with E-state index < -0.39 is 29.2 Å². The Kier molecular flexibility index (Phi) is 8.13. The van der Waals surface area contributed by atoms with Crippen LogP contribution in [0.3, 0.4) is 0 Å². The average molecular weight is 552 g/mol. The van der Waals surface area contributed by atoms with Crippen molar-refractivity contribution in [3.8, 4) is 17.6 Å². The molecular weight excluding hydrogens is 530 g/mol. The number of esters is 1. The topological polar surface area (TPSA) is 79.6 Å². The van der Waals surface area contributed by atoms with Crippen molar-refractivity contribution < 1.29 is 32.5 Å². The second-order valence-electron chi connectivity index (χ2n) is 8.50. The molecule has 0 saturated heterocycles. The molecule has 3 aromatic carbocycles. The molecule has 0 amide bonds. The number of nitrogens with zero attached hydrogens (tertiary/aromatic N) is 1. The van der Waals surface area contributed by atoms with Gasteiger partial charge in [-0.1, -0.05) is 48.3 Å². The van der Waals surface area contributed by atoms with Crippen molar-refractivity contribution >= 4 is 29.2 Å². The fourth-order valence-electron chi connectivity index (χ4n) is 4.14. The molecule has 0 aliphatic heterocycles. The van der Waals surface area contributed by atoms with E-state index in [-0.39, 0.29) is 38.2 Å². The van der Waals surface area contributed by atoms with Crippen molar-refractivity contribution in [2.24, 2.45) is 0 Å². The van der Waals surface area contributed by atoms with Gasteiger partial charge in [-0.05, 0) is 60.4 Å². The predicted molar refractivity (Wildman–Crippen MR) is 133 cm³/mol. The van der Waals surface area contributed by atoms with Crippen molar-refractivity contribution in [3.63, 3.8) is 0 Å². The van der Waals surface area contributed by atoms with Gasteiger partial charge in [-0.3, -0.25) is 0 Å². The van der Waals surface area contributed by atoms with Crippen LogP contribution in [-0.2, 0) is 10.3 Å². The molecule has 0 heterocycles. The van der Waals surface area contributed by atoms with Crippen molar-refractivity contribution in [2.45, 2.75) is 38.5 Å². The van der Waals surface area contributed by atoms with Crippen LogP contribution < -0.4 is 4.74 Å². The Morgan fingerprint density at radius 1 is 1.00 bits per heavy atom. The van der Waals surface area contributed by atoms with Crippen molar-refractivity contribution in [1.82, 2.24) is 0 Å². The summed E-state index contributed by atoms with van der Waals surface area (Å²) in [5.74, 6) is -1.69. The van der Waals surface area contributed by atoms with Crippen LogP contribution in [0.4, 0.5) is 13.2 Å². The summed E-state index contributed by atoms with van der Waals surface area (Å²) in [7, 11) is 1.22. The van der Waals surface area contributed by atoms with Crippen LogP contribution in [0.15, 0.2) is 48.5 Å². The van der Waals surface area contributed by atoms with Gasteiger partial charge in [0.2, 0.25) is 0 Å². The summed E-state index contributed by atoms with van der Waals surface area (Å²) in [4.78, 5) is 11.7. The van der Waals surface area contributed by atoms with E-state index >= 15 is 0 Å². The molecule has 0 bridgehead atoms. The Hall–Kier alpha value is -3.25. The lowest BCUT2D eigenvalue weighted by Gasteiger charge is -2.37. The molecule has 10 heteroatoms. The van der Waals surface area contributed by atoms with E-state index in [4.69, 9.17) is 27.9 Å². The van der Waals surface area contributed by atoms with E-state index in [1.54, 1.807) is 0 Å². The number of ether oxygens (including phenoxy) is 2. The number of methoxy groups -OCH3 is 1. The van der Waals surface area contributed by atoms with Crippen LogP contribution in [-0.4, -0.2) is 24.4 Å². The maximum atomic E-state index is 14.4. The summed E-state index contributed by atoms with van der Waals surface area (Å²) in [5, 5.41) is 20.5. The van der Waals surface area contributed by atoms with Crippen LogP contribution >= 0.6 is 23.2 Å². The van der Waals surface area contributed by atoms with Crippen LogP contribution in [0.25, 0.3) is 0 Å². The molecule has 2 unspecified atom stereocenters. The van der Waals surface area contributed by atoms with Crippen LogP contribution in [0, 0.1) is 25.2 Å². The Bertz CT molecular complexity index is 1380. The largest absolute Gasteiger partial charge is 0.465 e. The zero-order valence-corrected chi connectivity index (χ0v) is 21.7. The molecule has 2 atom stereocenters. The highest BCUT2D eigenvalue weighted by molar-refractivity contribution is 6.33. The number of carbonyl (C=O) groups is 1. The van der Waals surface area contributed by atoms with Gasteiger partial charge in [-0.15, -0.1) is 0 Å². The Morgan fingerprint density at radius 3 is 2.00 bits per heavy atom. The first-order valence-corrected chi connectivity index (χ1v) is 11.7. The van der Waals surface area contributed by atoms with Gasteiger partial charge in [0, 0.05) is 17.0 Å². The number of carbonyl (C=O) groups excluding carboxylic acids is 1. The normalized spacial score (nSPS) is 13.9. The van der Waals surface area contributed by atoms with E-state index in [0.717, 1.165) is 0 Å². The predicted octanol–water partition coefficient (Wildman–Crippen LogP) is 7.61. The summed E-state index contributed by atoms with van der Waals surface area (Å²) in [6, 6.07) is 12.6. The van der Waals surface area contributed by atoms with E-state index in [2.05, 4.69) is 4.74 Å². The summed E-state index contributed by atoms with van der Waals surface area (Å²) in [6.45, 7) is 4.25. The molecule has 0 spiro atoms. The number of aryl methyl sites for hydroxylation is 2. The molecule has 194 valence electrons. The van der Waals surface area contributed by atoms with Gasteiger partial charge in [0.25, 0.3) is 0 Å². The minimum atomic E-state index is -5.06. The highest BCUT2D eigenvalue weighted by Gasteiger charge is 2.59. The molecule has 37 heavy (non-hydrogen) atoms. The number of aliphatic hydroxyl groups is 1. The summed E-state index contributed by atoms with van der Waals surface area (Å²) in [5.41, 5.74) is -2.62. The smallest absolute Gasteiger partial charge is 0.422 e. The molecule has 3 rings (SSSR count). The molecule has 0 radical (unpaired) electrons.